The van der Waals surface area contributed by atoms with Crippen LogP contribution >= 0.6 is 11.3 Å². The van der Waals surface area contributed by atoms with Crippen molar-refractivity contribution in [1.82, 2.24) is 15.5 Å². The van der Waals surface area contributed by atoms with E-state index in [4.69, 9.17) is 5.14 Å². The molecule has 0 spiro atoms. The van der Waals surface area contributed by atoms with Gasteiger partial charge in [0.1, 0.15) is 0 Å². The summed E-state index contributed by atoms with van der Waals surface area (Å²) in [6.07, 6.45) is 2.46. The summed E-state index contributed by atoms with van der Waals surface area (Å²) in [4.78, 5) is 8.35. The van der Waals surface area contributed by atoms with Crippen LogP contribution in [0.25, 0.3) is 0 Å². The Balaban J connectivity index is 1.60. The number of thiophene rings is 1. The third-order valence-electron chi connectivity index (χ3n) is 5.50. The van der Waals surface area contributed by atoms with Crippen LogP contribution in [0.1, 0.15) is 36.2 Å². The largest absolute Gasteiger partial charge is 0.354 e. The Bertz CT molecular complexity index is 936. The molecule has 9 heteroatoms. The lowest BCUT2D eigenvalue weighted by atomic mass is 9.97. The SMILES string of the molecule is CN=C(NCc1cccc(S(N)(=O)=O)c1)NCC(c1cccs1)N1CCC(C)CC1. The van der Waals surface area contributed by atoms with Gasteiger partial charge in [0.05, 0.1) is 10.9 Å². The molecule has 0 aliphatic carbocycles. The van der Waals surface area contributed by atoms with Crippen LogP contribution in [0.3, 0.4) is 0 Å². The molecule has 1 aliphatic heterocycles. The number of nitrogens with two attached hydrogens (primary N) is 1. The molecule has 0 amide bonds. The van der Waals surface area contributed by atoms with Crippen LogP contribution in [0.2, 0.25) is 0 Å². The lowest BCUT2D eigenvalue weighted by Gasteiger charge is -2.36. The molecule has 1 aromatic heterocycles. The Morgan fingerprint density at radius 1 is 1.27 bits per heavy atom. The van der Waals surface area contributed by atoms with E-state index in [1.165, 1.54) is 23.8 Å². The first kappa shape index (κ1) is 22.7. The lowest BCUT2D eigenvalue weighted by molar-refractivity contribution is 0.140. The summed E-state index contributed by atoms with van der Waals surface area (Å²) in [6, 6.07) is 11.2. The first-order chi connectivity index (χ1) is 14.4. The van der Waals surface area contributed by atoms with Crippen molar-refractivity contribution in [2.75, 3.05) is 26.7 Å². The van der Waals surface area contributed by atoms with Gasteiger partial charge >= 0.3 is 0 Å². The van der Waals surface area contributed by atoms with Gasteiger partial charge in [-0.2, -0.15) is 0 Å². The van der Waals surface area contributed by atoms with Crippen molar-refractivity contribution in [3.05, 3.63) is 52.2 Å². The van der Waals surface area contributed by atoms with E-state index in [0.717, 1.165) is 31.1 Å². The molecule has 1 aromatic carbocycles. The molecule has 0 radical (unpaired) electrons. The molecule has 1 atom stereocenters. The highest BCUT2D eigenvalue weighted by atomic mass is 32.2. The van der Waals surface area contributed by atoms with Crippen LogP contribution in [0.15, 0.2) is 51.7 Å². The summed E-state index contributed by atoms with van der Waals surface area (Å²) in [5.74, 6) is 1.48. The molecule has 1 aliphatic rings. The Labute approximate surface area is 183 Å². The fraction of sp³-hybridized carbons (Fsp3) is 0.476. The van der Waals surface area contributed by atoms with Gasteiger partial charge in [-0.15, -0.1) is 11.3 Å². The first-order valence-corrected chi connectivity index (χ1v) is 12.6. The maximum absolute atomic E-state index is 11.6. The minimum Gasteiger partial charge on any atom is -0.354 e. The van der Waals surface area contributed by atoms with Gasteiger partial charge in [0, 0.05) is 25.0 Å². The molecular weight excluding hydrogens is 418 g/mol. The molecule has 30 heavy (non-hydrogen) atoms. The number of nitrogens with zero attached hydrogens (tertiary/aromatic N) is 2. The summed E-state index contributed by atoms with van der Waals surface area (Å²) in [7, 11) is -1.98. The van der Waals surface area contributed by atoms with Crippen LogP contribution in [0.4, 0.5) is 0 Å². The molecule has 164 valence electrons. The molecule has 1 saturated heterocycles. The Morgan fingerprint density at radius 3 is 2.67 bits per heavy atom. The number of nitrogens with one attached hydrogen (secondary N) is 2. The predicted octanol–water partition coefficient (Wildman–Crippen LogP) is 2.53. The normalized spacial score (nSPS) is 17.6. The molecule has 0 bridgehead atoms. The van der Waals surface area contributed by atoms with Crippen molar-refractivity contribution in [3.63, 3.8) is 0 Å². The van der Waals surface area contributed by atoms with Gasteiger partial charge in [-0.05, 0) is 61.0 Å². The van der Waals surface area contributed by atoms with E-state index in [1.807, 2.05) is 6.07 Å². The number of hydrogen-bond acceptors (Lipinski definition) is 5. The van der Waals surface area contributed by atoms with E-state index in [-0.39, 0.29) is 4.90 Å². The van der Waals surface area contributed by atoms with Crippen LogP contribution in [0.5, 0.6) is 0 Å². The second-order valence-electron chi connectivity index (χ2n) is 7.75. The van der Waals surface area contributed by atoms with Crippen molar-refractivity contribution in [3.8, 4) is 0 Å². The fourth-order valence-corrected chi connectivity index (χ4v) is 5.11. The molecule has 7 nitrogen and oxygen atoms in total. The van der Waals surface area contributed by atoms with E-state index in [9.17, 15) is 8.42 Å². The summed E-state index contributed by atoms with van der Waals surface area (Å²) in [5.41, 5.74) is 0.823. The third kappa shape index (κ3) is 6.28. The van der Waals surface area contributed by atoms with Crippen molar-refractivity contribution >= 4 is 27.3 Å². The van der Waals surface area contributed by atoms with Crippen LogP contribution in [-0.2, 0) is 16.6 Å². The first-order valence-electron chi connectivity index (χ1n) is 10.2. The second kappa shape index (κ2) is 10.4. The molecule has 3 rings (SSSR count). The molecule has 4 N–H and O–H groups in total. The van der Waals surface area contributed by atoms with E-state index in [0.29, 0.717) is 18.5 Å². The van der Waals surface area contributed by atoms with Crippen LogP contribution in [-0.4, -0.2) is 46.0 Å². The van der Waals surface area contributed by atoms with Gasteiger partial charge in [-0.3, -0.25) is 9.89 Å². The number of rotatable bonds is 7. The maximum atomic E-state index is 11.6. The highest BCUT2D eigenvalue weighted by molar-refractivity contribution is 7.89. The third-order valence-corrected chi connectivity index (χ3v) is 7.39. The number of guanidine groups is 1. The molecule has 2 heterocycles. The van der Waals surface area contributed by atoms with Crippen molar-refractivity contribution < 1.29 is 8.42 Å². The van der Waals surface area contributed by atoms with Crippen LogP contribution in [0, 0.1) is 5.92 Å². The Hall–Kier alpha value is -1.94. The summed E-state index contributed by atoms with van der Waals surface area (Å²) in [5, 5.41) is 14.1. The van der Waals surface area contributed by atoms with Gasteiger partial charge in [0.15, 0.2) is 5.96 Å². The number of sulfonamides is 1. The van der Waals surface area contributed by atoms with Crippen LogP contribution < -0.4 is 15.8 Å². The number of aliphatic imine (C=N–C) groups is 1. The second-order valence-corrected chi connectivity index (χ2v) is 10.3. The highest BCUT2D eigenvalue weighted by Gasteiger charge is 2.25. The van der Waals surface area contributed by atoms with Crippen molar-refractivity contribution in [1.29, 1.82) is 0 Å². The smallest absolute Gasteiger partial charge is 0.238 e. The van der Waals surface area contributed by atoms with Gasteiger partial charge in [-0.25, -0.2) is 13.6 Å². The van der Waals surface area contributed by atoms with E-state index >= 15 is 0 Å². The molecular formula is C21H31N5O2S2. The molecule has 0 saturated carbocycles. The molecule has 1 fully saturated rings. The zero-order valence-corrected chi connectivity index (χ0v) is 19.2. The zero-order valence-electron chi connectivity index (χ0n) is 17.5. The minimum atomic E-state index is -3.71. The zero-order chi connectivity index (χ0) is 21.6. The van der Waals surface area contributed by atoms with Gasteiger partial charge in [0.2, 0.25) is 10.0 Å². The lowest BCUT2D eigenvalue weighted by Crippen LogP contribution is -2.44. The van der Waals surface area contributed by atoms with E-state index in [1.54, 1.807) is 30.5 Å². The topological polar surface area (TPSA) is 99.8 Å². The maximum Gasteiger partial charge on any atom is 0.238 e. The highest BCUT2D eigenvalue weighted by Crippen LogP contribution is 2.29. The van der Waals surface area contributed by atoms with E-state index < -0.39 is 10.0 Å². The standard InChI is InChI=1S/C21H31N5O2S2/c1-16-8-10-26(11-9-16)19(20-7-4-12-29-20)15-25-21(23-2)24-14-17-5-3-6-18(13-17)30(22,27)28/h3-7,12-13,16,19H,8-11,14-15H2,1-2H3,(H2,22,27,28)(H2,23,24,25). The number of piperidine rings is 1. The number of primary sulfonamides is 1. The summed E-state index contributed by atoms with van der Waals surface area (Å²) < 4.78 is 23.1. The quantitative estimate of drug-likeness (QED) is 0.446. The molecule has 1 unspecified atom stereocenters. The Morgan fingerprint density at radius 2 is 2.03 bits per heavy atom. The predicted molar refractivity (Wildman–Crippen MR) is 123 cm³/mol. The fourth-order valence-electron chi connectivity index (χ4n) is 3.66. The average molecular weight is 450 g/mol. The van der Waals surface area contributed by atoms with Gasteiger partial charge < -0.3 is 10.6 Å². The molecule has 2 aromatic rings. The van der Waals surface area contributed by atoms with Crippen molar-refractivity contribution in [2.45, 2.75) is 37.2 Å². The monoisotopic (exact) mass is 449 g/mol. The number of likely N-dealkylation sites (tertiary alicyclic amines) is 1. The summed E-state index contributed by atoms with van der Waals surface area (Å²) >= 11 is 1.79. The average Bonchev–Trinajstić information content (AvgIpc) is 3.26. The number of hydrogen-bond donors (Lipinski definition) is 3. The van der Waals surface area contributed by atoms with E-state index in [2.05, 4.69) is 45.0 Å². The minimum absolute atomic E-state index is 0.113. The van der Waals surface area contributed by atoms with Gasteiger partial charge in [-0.1, -0.05) is 25.1 Å². The Kier molecular flexibility index (Phi) is 7.87. The van der Waals surface area contributed by atoms with Crippen molar-refractivity contribution in [2.24, 2.45) is 16.0 Å². The number of benzene rings is 1. The van der Waals surface area contributed by atoms with Gasteiger partial charge in [0.25, 0.3) is 0 Å². The summed E-state index contributed by atoms with van der Waals surface area (Å²) in [6.45, 7) is 5.75.